The minimum absolute atomic E-state index is 0.450. The average molecular weight is 296 g/mol. The van der Waals surface area contributed by atoms with Crippen molar-refractivity contribution in [2.75, 3.05) is 13.2 Å². The molecule has 0 saturated carbocycles. The van der Waals surface area contributed by atoms with Crippen LogP contribution in [-0.2, 0) is 13.6 Å². The molecular weight excluding hydrogens is 271 g/mol. The number of unbranched alkanes of at least 4 members (excludes halogenated alkanes) is 2. The van der Waals surface area contributed by atoms with E-state index in [1.54, 1.807) is 12.1 Å². The van der Waals surface area contributed by atoms with E-state index in [9.17, 15) is 4.57 Å². The van der Waals surface area contributed by atoms with Crippen LogP contribution in [0.4, 0.5) is 0 Å². The van der Waals surface area contributed by atoms with Crippen molar-refractivity contribution in [3.63, 3.8) is 0 Å². The second-order valence-electron chi connectivity index (χ2n) is 4.63. The second kappa shape index (κ2) is 9.12. The molecule has 0 saturated heterocycles. The molecule has 1 rings (SSSR count). The Morgan fingerprint density at radius 3 is 2.15 bits per heavy atom. The molecule has 20 heavy (non-hydrogen) atoms. The first-order valence-electron chi connectivity index (χ1n) is 7.29. The summed E-state index contributed by atoms with van der Waals surface area (Å²) in [5.41, 5.74) is 0.809. The van der Waals surface area contributed by atoms with Crippen molar-refractivity contribution in [2.24, 2.45) is 0 Å². The molecule has 1 aromatic rings. The molecule has 0 aliphatic rings. The standard InChI is InChI=1S/C16H25O3P/c1-4-7-13-18-20(17,19-14-8-5-2)16-12-10-9-11-15(16)6-3/h6,9-12H,3-5,7-8,13-14H2,1-2H3. The van der Waals surface area contributed by atoms with Crippen LogP contribution < -0.4 is 5.30 Å². The van der Waals surface area contributed by atoms with Gasteiger partial charge in [0.25, 0.3) is 0 Å². The molecule has 0 spiro atoms. The van der Waals surface area contributed by atoms with Gasteiger partial charge < -0.3 is 9.05 Å². The molecule has 4 heteroatoms. The predicted molar refractivity (Wildman–Crippen MR) is 85.5 cm³/mol. The molecule has 1 aromatic carbocycles. The molecule has 0 aromatic heterocycles. The fourth-order valence-electron chi connectivity index (χ4n) is 1.74. The lowest BCUT2D eigenvalue weighted by Crippen LogP contribution is -2.14. The SMILES string of the molecule is C=Cc1ccccc1P(=O)(OCCCC)OCCCC. The molecule has 0 radical (unpaired) electrons. The number of benzene rings is 1. The van der Waals surface area contributed by atoms with Gasteiger partial charge in [-0.15, -0.1) is 0 Å². The maximum absolute atomic E-state index is 13.1. The average Bonchev–Trinajstić information content (AvgIpc) is 2.48. The summed E-state index contributed by atoms with van der Waals surface area (Å²) in [6.07, 6.45) is 5.43. The van der Waals surface area contributed by atoms with Crippen molar-refractivity contribution in [1.29, 1.82) is 0 Å². The highest BCUT2D eigenvalue weighted by Gasteiger charge is 2.29. The van der Waals surface area contributed by atoms with E-state index in [0.717, 1.165) is 31.2 Å². The van der Waals surface area contributed by atoms with Gasteiger partial charge >= 0.3 is 7.60 Å². The maximum atomic E-state index is 13.1. The Morgan fingerprint density at radius 1 is 1.10 bits per heavy atom. The summed E-state index contributed by atoms with van der Waals surface area (Å²) in [6, 6.07) is 7.42. The second-order valence-corrected chi connectivity index (χ2v) is 6.63. The molecule has 0 fully saturated rings. The van der Waals surface area contributed by atoms with Gasteiger partial charge in [-0.25, -0.2) is 0 Å². The Balaban J connectivity index is 2.95. The van der Waals surface area contributed by atoms with Gasteiger partial charge in [-0.1, -0.05) is 57.5 Å². The van der Waals surface area contributed by atoms with E-state index in [1.165, 1.54) is 0 Å². The third-order valence-corrected chi connectivity index (χ3v) is 5.01. The van der Waals surface area contributed by atoms with Gasteiger partial charge in [0.05, 0.1) is 18.5 Å². The molecule has 0 unspecified atom stereocenters. The summed E-state index contributed by atoms with van der Waals surface area (Å²) >= 11 is 0. The Kier molecular flexibility index (Phi) is 7.83. The van der Waals surface area contributed by atoms with Crippen LogP contribution in [0, 0.1) is 0 Å². The fourth-order valence-corrected chi connectivity index (χ4v) is 3.59. The van der Waals surface area contributed by atoms with Crippen LogP contribution in [0.2, 0.25) is 0 Å². The van der Waals surface area contributed by atoms with Crippen LogP contribution in [0.15, 0.2) is 30.8 Å². The van der Waals surface area contributed by atoms with Gasteiger partial charge in [-0.05, 0) is 24.5 Å². The topological polar surface area (TPSA) is 35.5 Å². The highest BCUT2D eigenvalue weighted by Crippen LogP contribution is 2.48. The smallest absolute Gasteiger partial charge is 0.305 e. The minimum Gasteiger partial charge on any atom is -0.305 e. The zero-order valence-electron chi connectivity index (χ0n) is 12.5. The number of hydrogen-bond acceptors (Lipinski definition) is 3. The van der Waals surface area contributed by atoms with E-state index in [-0.39, 0.29) is 0 Å². The van der Waals surface area contributed by atoms with Gasteiger partial charge in [-0.2, -0.15) is 0 Å². The molecule has 3 nitrogen and oxygen atoms in total. The van der Waals surface area contributed by atoms with Gasteiger partial charge in [-0.3, -0.25) is 4.57 Å². The van der Waals surface area contributed by atoms with E-state index in [0.29, 0.717) is 18.5 Å². The van der Waals surface area contributed by atoms with Gasteiger partial charge in [0.2, 0.25) is 0 Å². The summed E-state index contributed by atoms with van der Waals surface area (Å²) in [5, 5.41) is 0.613. The monoisotopic (exact) mass is 296 g/mol. The highest BCUT2D eigenvalue weighted by molar-refractivity contribution is 7.62. The summed E-state index contributed by atoms with van der Waals surface area (Å²) in [7, 11) is -3.26. The third-order valence-electron chi connectivity index (χ3n) is 2.97. The van der Waals surface area contributed by atoms with Crippen LogP contribution in [-0.4, -0.2) is 13.2 Å². The van der Waals surface area contributed by atoms with E-state index < -0.39 is 7.60 Å². The van der Waals surface area contributed by atoms with Crippen molar-refractivity contribution >= 4 is 19.0 Å². The maximum Gasteiger partial charge on any atom is 0.361 e. The predicted octanol–water partition coefficient (Wildman–Crippen LogP) is 4.78. The molecule has 0 atom stereocenters. The van der Waals surface area contributed by atoms with Crippen molar-refractivity contribution in [2.45, 2.75) is 39.5 Å². The van der Waals surface area contributed by atoms with E-state index >= 15 is 0 Å². The quantitative estimate of drug-likeness (QED) is 0.460. The first kappa shape index (κ1) is 17.2. The van der Waals surface area contributed by atoms with Crippen molar-refractivity contribution in [3.8, 4) is 0 Å². The fraction of sp³-hybridized carbons (Fsp3) is 0.500. The van der Waals surface area contributed by atoms with Crippen LogP contribution in [0.1, 0.15) is 45.1 Å². The van der Waals surface area contributed by atoms with Crippen LogP contribution >= 0.6 is 7.60 Å². The van der Waals surface area contributed by atoms with Crippen molar-refractivity contribution in [3.05, 3.63) is 36.4 Å². The summed E-state index contributed by atoms with van der Waals surface area (Å²) in [4.78, 5) is 0. The van der Waals surface area contributed by atoms with E-state index in [4.69, 9.17) is 9.05 Å². The zero-order valence-corrected chi connectivity index (χ0v) is 13.4. The lowest BCUT2D eigenvalue weighted by Gasteiger charge is -2.20. The Bertz CT molecular complexity index is 443. The third kappa shape index (κ3) is 4.90. The Labute approximate surface area is 122 Å². The summed E-state index contributed by atoms with van der Waals surface area (Å²) in [5.74, 6) is 0. The first-order chi connectivity index (χ1) is 9.68. The van der Waals surface area contributed by atoms with Gasteiger partial charge in [0.15, 0.2) is 0 Å². The largest absolute Gasteiger partial charge is 0.361 e. The Hall–Kier alpha value is -0.890. The summed E-state index contributed by atoms with van der Waals surface area (Å²) < 4.78 is 24.3. The minimum atomic E-state index is -3.26. The molecular formula is C16H25O3P. The molecule has 0 heterocycles. The van der Waals surface area contributed by atoms with Crippen molar-refractivity contribution in [1.82, 2.24) is 0 Å². The van der Waals surface area contributed by atoms with Crippen molar-refractivity contribution < 1.29 is 13.6 Å². The number of rotatable bonds is 10. The first-order valence-corrected chi connectivity index (χ1v) is 8.83. The molecule has 112 valence electrons. The van der Waals surface area contributed by atoms with Gasteiger partial charge in [0, 0.05) is 0 Å². The Morgan fingerprint density at radius 2 is 1.65 bits per heavy atom. The molecule has 0 bridgehead atoms. The highest BCUT2D eigenvalue weighted by atomic mass is 31.2. The van der Waals surface area contributed by atoms with E-state index in [2.05, 4.69) is 20.4 Å². The van der Waals surface area contributed by atoms with Gasteiger partial charge in [0.1, 0.15) is 0 Å². The lowest BCUT2D eigenvalue weighted by molar-refractivity contribution is 0.208. The molecule has 0 aliphatic heterocycles. The van der Waals surface area contributed by atoms with Crippen LogP contribution in [0.25, 0.3) is 6.08 Å². The normalized spacial score (nSPS) is 11.5. The number of hydrogen-bond donors (Lipinski definition) is 0. The van der Waals surface area contributed by atoms with Crippen LogP contribution in [0.5, 0.6) is 0 Å². The zero-order chi connectivity index (χ0) is 14.8. The van der Waals surface area contributed by atoms with E-state index in [1.807, 2.05) is 18.2 Å². The molecule has 0 amide bonds. The molecule has 0 N–H and O–H groups in total. The lowest BCUT2D eigenvalue weighted by atomic mass is 10.2. The van der Waals surface area contributed by atoms with Crippen LogP contribution in [0.3, 0.4) is 0 Å². The molecule has 0 aliphatic carbocycles. The summed E-state index contributed by atoms with van der Waals surface area (Å²) in [6.45, 7) is 8.81.